The lowest BCUT2D eigenvalue weighted by Gasteiger charge is -2.11. The highest BCUT2D eigenvalue weighted by Crippen LogP contribution is 2.32. The van der Waals surface area contributed by atoms with Crippen molar-refractivity contribution < 1.29 is 19.1 Å². The van der Waals surface area contributed by atoms with Crippen molar-refractivity contribution in [3.63, 3.8) is 0 Å². The normalized spacial score (nSPS) is 10.1. The quantitative estimate of drug-likeness (QED) is 0.614. The van der Waals surface area contributed by atoms with Crippen LogP contribution in [0.25, 0.3) is 10.8 Å². The Morgan fingerprint density at radius 3 is 2.39 bits per heavy atom. The summed E-state index contributed by atoms with van der Waals surface area (Å²) < 4.78 is 9.96. The molecule has 0 aliphatic rings. The molecule has 0 atom stereocenters. The van der Waals surface area contributed by atoms with Gasteiger partial charge < -0.3 is 9.47 Å². The predicted molar refractivity (Wildman–Crippen MR) is 67.2 cm³/mol. The summed E-state index contributed by atoms with van der Waals surface area (Å²) in [7, 11) is 2.80. The Labute approximate surface area is 104 Å². The molecule has 4 nitrogen and oxygen atoms in total. The molecule has 0 saturated heterocycles. The third-order valence-electron chi connectivity index (χ3n) is 2.76. The average molecular weight is 244 g/mol. The molecule has 92 valence electrons. The first-order valence-corrected chi connectivity index (χ1v) is 5.36. The van der Waals surface area contributed by atoms with Crippen molar-refractivity contribution in [3.05, 3.63) is 41.5 Å². The summed E-state index contributed by atoms with van der Waals surface area (Å²) in [6, 6.07) is 8.71. The van der Waals surface area contributed by atoms with Crippen LogP contribution in [0.3, 0.4) is 0 Å². The van der Waals surface area contributed by atoms with Gasteiger partial charge in [-0.05, 0) is 11.5 Å². The van der Waals surface area contributed by atoms with E-state index in [4.69, 9.17) is 9.47 Å². The SMILES string of the molecule is COC(=O)c1cc(C=O)c(OC)c2ccccc12. The molecule has 0 aromatic heterocycles. The van der Waals surface area contributed by atoms with Gasteiger partial charge in [-0.2, -0.15) is 0 Å². The van der Waals surface area contributed by atoms with E-state index >= 15 is 0 Å². The summed E-state index contributed by atoms with van der Waals surface area (Å²) in [6.45, 7) is 0. The molecular formula is C14H12O4. The van der Waals surface area contributed by atoms with Gasteiger partial charge in [0.1, 0.15) is 5.75 Å². The number of hydrogen-bond acceptors (Lipinski definition) is 4. The first-order valence-electron chi connectivity index (χ1n) is 5.36. The minimum Gasteiger partial charge on any atom is -0.495 e. The second kappa shape index (κ2) is 4.87. The number of rotatable bonds is 3. The van der Waals surface area contributed by atoms with Crippen LogP contribution in [0, 0.1) is 0 Å². The van der Waals surface area contributed by atoms with E-state index in [1.165, 1.54) is 20.3 Å². The Hall–Kier alpha value is -2.36. The molecular weight excluding hydrogens is 232 g/mol. The average Bonchev–Trinajstić information content (AvgIpc) is 2.44. The first kappa shape index (κ1) is 12.1. The van der Waals surface area contributed by atoms with Gasteiger partial charge in [0, 0.05) is 5.39 Å². The fourth-order valence-corrected chi connectivity index (χ4v) is 1.96. The van der Waals surface area contributed by atoms with Crippen molar-refractivity contribution in [3.8, 4) is 5.75 Å². The molecule has 0 radical (unpaired) electrons. The van der Waals surface area contributed by atoms with Gasteiger partial charge in [0.25, 0.3) is 0 Å². The van der Waals surface area contributed by atoms with Crippen LogP contribution in [0.5, 0.6) is 5.75 Å². The summed E-state index contributed by atoms with van der Waals surface area (Å²) in [5, 5.41) is 1.41. The van der Waals surface area contributed by atoms with E-state index in [1.807, 2.05) is 12.1 Å². The van der Waals surface area contributed by atoms with Gasteiger partial charge in [-0.25, -0.2) is 4.79 Å². The molecule has 2 rings (SSSR count). The van der Waals surface area contributed by atoms with Gasteiger partial charge in [0.05, 0.1) is 25.3 Å². The maximum absolute atomic E-state index is 11.7. The second-order valence-corrected chi connectivity index (χ2v) is 3.70. The number of methoxy groups -OCH3 is 2. The maximum atomic E-state index is 11.7. The van der Waals surface area contributed by atoms with Crippen molar-refractivity contribution in [1.29, 1.82) is 0 Å². The number of esters is 1. The third-order valence-corrected chi connectivity index (χ3v) is 2.76. The lowest BCUT2D eigenvalue weighted by molar-refractivity contribution is 0.0603. The van der Waals surface area contributed by atoms with Gasteiger partial charge >= 0.3 is 5.97 Å². The molecule has 18 heavy (non-hydrogen) atoms. The van der Waals surface area contributed by atoms with Crippen molar-refractivity contribution in [2.45, 2.75) is 0 Å². The van der Waals surface area contributed by atoms with Crippen molar-refractivity contribution in [2.24, 2.45) is 0 Å². The van der Waals surface area contributed by atoms with Gasteiger partial charge in [0.2, 0.25) is 0 Å². The van der Waals surface area contributed by atoms with Crippen molar-refractivity contribution >= 4 is 23.0 Å². The summed E-state index contributed by atoms with van der Waals surface area (Å²) in [5.41, 5.74) is 0.688. The van der Waals surface area contributed by atoms with Crippen LogP contribution >= 0.6 is 0 Å². The molecule has 0 fully saturated rings. The zero-order valence-corrected chi connectivity index (χ0v) is 10.1. The second-order valence-electron chi connectivity index (χ2n) is 3.70. The van der Waals surface area contributed by atoms with Crippen molar-refractivity contribution in [1.82, 2.24) is 0 Å². The number of hydrogen-bond donors (Lipinski definition) is 0. The summed E-state index contributed by atoms with van der Waals surface area (Å²) in [5.74, 6) is -0.00907. The lowest BCUT2D eigenvalue weighted by Crippen LogP contribution is -2.04. The molecule has 0 unspecified atom stereocenters. The number of aldehydes is 1. The van der Waals surface area contributed by atoms with E-state index < -0.39 is 5.97 Å². The van der Waals surface area contributed by atoms with Crippen LogP contribution in [0.1, 0.15) is 20.7 Å². The Balaban J connectivity index is 2.88. The Kier molecular flexibility index (Phi) is 3.28. The number of carbonyl (C=O) groups is 2. The topological polar surface area (TPSA) is 52.6 Å². The molecule has 0 spiro atoms. The fourth-order valence-electron chi connectivity index (χ4n) is 1.96. The summed E-state index contributed by atoms with van der Waals surface area (Å²) >= 11 is 0. The molecule has 2 aromatic carbocycles. The molecule has 0 bridgehead atoms. The molecule has 4 heteroatoms. The summed E-state index contributed by atoms with van der Waals surface area (Å²) in [6.07, 6.45) is 0.664. The van der Waals surface area contributed by atoms with E-state index in [2.05, 4.69) is 0 Å². The Morgan fingerprint density at radius 1 is 1.17 bits per heavy atom. The van der Waals surface area contributed by atoms with Gasteiger partial charge in [0.15, 0.2) is 6.29 Å². The molecule has 2 aromatic rings. The van der Waals surface area contributed by atoms with E-state index in [0.717, 1.165) is 0 Å². The molecule has 0 heterocycles. The number of ether oxygens (including phenoxy) is 2. The van der Waals surface area contributed by atoms with Crippen LogP contribution in [-0.2, 0) is 4.74 Å². The number of benzene rings is 2. The zero-order chi connectivity index (χ0) is 13.1. The van der Waals surface area contributed by atoms with E-state index in [1.54, 1.807) is 12.1 Å². The highest BCUT2D eigenvalue weighted by Gasteiger charge is 2.16. The van der Waals surface area contributed by atoms with Crippen LogP contribution in [-0.4, -0.2) is 26.5 Å². The first-order chi connectivity index (χ1) is 8.72. The Morgan fingerprint density at radius 2 is 1.83 bits per heavy atom. The fraction of sp³-hybridized carbons (Fsp3) is 0.143. The standard InChI is InChI=1S/C14H12O4/c1-17-13-9(8-15)7-12(14(16)18-2)10-5-3-4-6-11(10)13/h3-8H,1-2H3. The minimum atomic E-state index is -0.475. The molecule has 0 saturated carbocycles. The number of carbonyl (C=O) groups excluding carboxylic acids is 2. The zero-order valence-electron chi connectivity index (χ0n) is 10.1. The van der Waals surface area contributed by atoms with Gasteiger partial charge in [-0.1, -0.05) is 24.3 Å². The largest absolute Gasteiger partial charge is 0.495 e. The lowest BCUT2D eigenvalue weighted by atomic mass is 10.00. The van der Waals surface area contributed by atoms with Gasteiger partial charge in [-0.3, -0.25) is 4.79 Å². The van der Waals surface area contributed by atoms with Crippen molar-refractivity contribution in [2.75, 3.05) is 14.2 Å². The van der Waals surface area contributed by atoms with E-state index in [0.29, 0.717) is 33.9 Å². The smallest absolute Gasteiger partial charge is 0.338 e. The van der Waals surface area contributed by atoms with Crippen LogP contribution in [0.15, 0.2) is 30.3 Å². The molecule has 0 N–H and O–H groups in total. The van der Waals surface area contributed by atoms with Gasteiger partial charge in [-0.15, -0.1) is 0 Å². The van der Waals surface area contributed by atoms with E-state index in [-0.39, 0.29) is 0 Å². The van der Waals surface area contributed by atoms with Crippen LogP contribution in [0.4, 0.5) is 0 Å². The highest BCUT2D eigenvalue weighted by molar-refractivity contribution is 6.09. The molecule has 0 amide bonds. The van der Waals surface area contributed by atoms with Crippen LogP contribution in [0.2, 0.25) is 0 Å². The minimum absolute atomic E-state index is 0.330. The number of fused-ring (bicyclic) bond motifs is 1. The molecule has 0 aliphatic carbocycles. The monoisotopic (exact) mass is 244 g/mol. The van der Waals surface area contributed by atoms with Crippen LogP contribution < -0.4 is 4.74 Å². The highest BCUT2D eigenvalue weighted by atomic mass is 16.5. The van der Waals surface area contributed by atoms with E-state index in [9.17, 15) is 9.59 Å². The predicted octanol–water partition coefficient (Wildman–Crippen LogP) is 2.45. The summed E-state index contributed by atoms with van der Waals surface area (Å²) in [4.78, 5) is 22.8. The maximum Gasteiger partial charge on any atom is 0.338 e. The third kappa shape index (κ3) is 1.82. The Bertz CT molecular complexity index is 616. The molecule has 0 aliphatic heterocycles.